The first-order valence-corrected chi connectivity index (χ1v) is 7.05. The van der Waals surface area contributed by atoms with Crippen molar-refractivity contribution in [3.05, 3.63) is 34.9 Å². The highest BCUT2D eigenvalue weighted by Gasteiger charge is 2.29. The quantitative estimate of drug-likeness (QED) is 0.826. The Hall–Kier alpha value is -0.530. The van der Waals surface area contributed by atoms with Crippen LogP contribution in [0.3, 0.4) is 0 Å². The highest BCUT2D eigenvalue weighted by atomic mass is 35.5. The maximum Gasteiger partial charge on any atom is 0.0406 e. The summed E-state index contributed by atoms with van der Waals surface area (Å²) in [5, 5.41) is 4.49. The molecular weight excluding hydrogens is 230 g/mol. The Morgan fingerprint density at radius 1 is 1.29 bits per heavy atom. The van der Waals surface area contributed by atoms with Gasteiger partial charge >= 0.3 is 0 Å². The van der Waals surface area contributed by atoms with E-state index in [1.54, 1.807) is 0 Å². The van der Waals surface area contributed by atoms with Gasteiger partial charge in [0.15, 0.2) is 0 Å². The lowest BCUT2D eigenvalue weighted by molar-refractivity contribution is 0.277. The molecule has 0 radical (unpaired) electrons. The molecule has 1 aromatic rings. The Morgan fingerprint density at radius 3 is 2.53 bits per heavy atom. The number of halogens is 1. The summed E-state index contributed by atoms with van der Waals surface area (Å²) in [7, 11) is 0. The maximum atomic E-state index is 5.89. The molecule has 0 spiro atoms. The molecule has 1 N–H and O–H groups in total. The number of hydrogen-bond donors (Lipinski definition) is 1. The number of rotatable bonds is 5. The molecule has 1 saturated carbocycles. The normalized spacial score (nSPS) is 25.4. The molecule has 0 amide bonds. The SMILES string of the molecule is CCC(C)CNC1CC(c2ccc(Cl)cc2)C1. The zero-order chi connectivity index (χ0) is 12.3. The molecule has 2 rings (SSSR count). The van der Waals surface area contributed by atoms with E-state index >= 15 is 0 Å². The van der Waals surface area contributed by atoms with Gasteiger partial charge in [-0.2, -0.15) is 0 Å². The first-order chi connectivity index (χ1) is 8.19. The van der Waals surface area contributed by atoms with Crippen LogP contribution in [0.4, 0.5) is 0 Å². The van der Waals surface area contributed by atoms with E-state index in [-0.39, 0.29) is 0 Å². The van der Waals surface area contributed by atoms with Crippen LogP contribution in [0, 0.1) is 5.92 Å². The average molecular weight is 252 g/mol. The van der Waals surface area contributed by atoms with Crippen LogP contribution in [0.2, 0.25) is 5.02 Å². The van der Waals surface area contributed by atoms with Gasteiger partial charge in [-0.15, -0.1) is 0 Å². The Kier molecular flexibility index (Phi) is 4.47. The van der Waals surface area contributed by atoms with E-state index in [0.29, 0.717) is 0 Å². The van der Waals surface area contributed by atoms with Gasteiger partial charge in [0, 0.05) is 11.1 Å². The van der Waals surface area contributed by atoms with Gasteiger partial charge < -0.3 is 5.32 Å². The molecule has 1 unspecified atom stereocenters. The van der Waals surface area contributed by atoms with Crippen LogP contribution in [0.1, 0.15) is 44.6 Å². The minimum absolute atomic E-state index is 0.727. The van der Waals surface area contributed by atoms with Gasteiger partial charge in [-0.25, -0.2) is 0 Å². The van der Waals surface area contributed by atoms with Gasteiger partial charge in [-0.05, 0) is 48.9 Å². The molecule has 1 aliphatic carbocycles. The standard InChI is InChI=1S/C15H22ClN/c1-3-11(2)10-17-15-8-13(9-15)12-4-6-14(16)7-5-12/h4-7,11,13,15,17H,3,8-10H2,1-2H3. The predicted molar refractivity (Wildman–Crippen MR) is 74.7 cm³/mol. The van der Waals surface area contributed by atoms with Crippen molar-refractivity contribution in [1.82, 2.24) is 5.32 Å². The fourth-order valence-electron chi connectivity index (χ4n) is 2.30. The van der Waals surface area contributed by atoms with Crippen molar-refractivity contribution >= 4 is 11.6 Å². The van der Waals surface area contributed by atoms with Crippen LogP contribution in [0.15, 0.2) is 24.3 Å². The smallest absolute Gasteiger partial charge is 0.0406 e. The van der Waals surface area contributed by atoms with Gasteiger partial charge in [0.05, 0.1) is 0 Å². The summed E-state index contributed by atoms with van der Waals surface area (Å²) < 4.78 is 0. The van der Waals surface area contributed by atoms with Gasteiger partial charge in [0.25, 0.3) is 0 Å². The lowest BCUT2D eigenvalue weighted by Gasteiger charge is -2.37. The lowest BCUT2D eigenvalue weighted by atomic mass is 9.76. The van der Waals surface area contributed by atoms with E-state index in [9.17, 15) is 0 Å². The molecule has 1 aliphatic rings. The Labute approximate surface area is 110 Å². The van der Waals surface area contributed by atoms with Crippen molar-refractivity contribution < 1.29 is 0 Å². The van der Waals surface area contributed by atoms with Crippen molar-refractivity contribution in [2.24, 2.45) is 5.92 Å². The van der Waals surface area contributed by atoms with E-state index in [4.69, 9.17) is 11.6 Å². The van der Waals surface area contributed by atoms with Crippen LogP contribution >= 0.6 is 11.6 Å². The van der Waals surface area contributed by atoms with E-state index in [1.807, 2.05) is 12.1 Å². The molecule has 94 valence electrons. The van der Waals surface area contributed by atoms with Gasteiger partial charge in [0.2, 0.25) is 0 Å². The third-order valence-corrected chi connectivity index (χ3v) is 4.18. The van der Waals surface area contributed by atoms with Crippen LogP contribution in [0.5, 0.6) is 0 Å². The average Bonchev–Trinajstić information content (AvgIpc) is 2.29. The van der Waals surface area contributed by atoms with Gasteiger partial charge in [-0.1, -0.05) is 44.0 Å². The molecule has 2 heteroatoms. The third kappa shape index (κ3) is 3.46. The van der Waals surface area contributed by atoms with Crippen molar-refractivity contribution in [2.75, 3.05) is 6.54 Å². The molecule has 1 atom stereocenters. The van der Waals surface area contributed by atoms with Gasteiger partial charge in [0.1, 0.15) is 0 Å². The Morgan fingerprint density at radius 2 is 1.94 bits per heavy atom. The van der Waals surface area contributed by atoms with Crippen LogP contribution in [-0.4, -0.2) is 12.6 Å². The minimum Gasteiger partial charge on any atom is -0.314 e. The zero-order valence-corrected chi connectivity index (χ0v) is 11.5. The summed E-state index contributed by atoms with van der Waals surface area (Å²) in [4.78, 5) is 0. The third-order valence-electron chi connectivity index (χ3n) is 3.93. The number of hydrogen-bond acceptors (Lipinski definition) is 1. The largest absolute Gasteiger partial charge is 0.314 e. The topological polar surface area (TPSA) is 12.0 Å². The summed E-state index contributed by atoms with van der Waals surface area (Å²) in [5.41, 5.74) is 1.44. The summed E-state index contributed by atoms with van der Waals surface area (Å²) in [5.74, 6) is 1.53. The summed E-state index contributed by atoms with van der Waals surface area (Å²) in [6.07, 6.45) is 3.82. The predicted octanol–water partition coefficient (Wildman–Crippen LogP) is 4.22. The second-order valence-corrected chi connectivity index (χ2v) is 5.77. The second-order valence-electron chi connectivity index (χ2n) is 5.34. The molecule has 0 aliphatic heterocycles. The van der Waals surface area contributed by atoms with Crippen molar-refractivity contribution in [1.29, 1.82) is 0 Å². The summed E-state index contributed by atoms with van der Waals surface area (Å²) in [6.45, 7) is 5.72. The minimum atomic E-state index is 0.727. The van der Waals surface area contributed by atoms with E-state index in [0.717, 1.165) is 29.4 Å². The fraction of sp³-hybridized carbons (Fsp3) is 0.600. The van der Waals surface area contributed by atoms with Crippen LogP contribution in [-0.2, 0) is 0 Å². The highest BCUT2D eigenvalue weighted by Crippen LogP contribution is 2.37. The molecule has 1 aromatic carbocycles. The van der Waals surface area contributed by atoms with Gasteiger partial charge in [-0.3, -0.25) is 0 Å². The Bertz CT molecular complexity index is 340. The molecule has 1 fully saturated rings. The maximum absolute atomic E-state index is 5.89. The van der Waals surface area contributed by atoms with E-state index in [2.05, 4.69) is 31.3 Å². The molecule has 0 aromatic heterocycles. The first kappa shape index (κ1) is 12.9. The Balaban J connectivity index is 1.73. The van der Waals surface area contributed by atoms with E-state index in [1.165, 1.54) is 24.8 Å². The van der Waals surface area contributed by atoms with Crippen molar-refractivity contribution in [3.8, 4) is 0 Å². The zero-order valence-electron chi connectivity index (χ0n) is 10.7. The number of benzene rings is 1. The molecule has 0 heterocycles. The lowest BCUT2D eigenvalue weighted by Crippen LogP contribution is -2.41. The van der Waals surface area contributed by atoms with Crippen LogP contribution < -0.4 is 5.32 Å². The van der Waals surface area contributed by atoms with Crippen molar-refractivity contribution in [2.45, 2.75) is 45.1 Å². The fourth-order valence-corrected chi connectivity index (χ4v) is 2.43. The summed E-state index contributed by atoms with van der Waals surface area (Å²) in [6, 6.07) is 9.05. The van der Waals surface area contributed by atoms with Crippen molar-refractivity contribution in [3.63, 3.8) is 0 Å². The first-order valence-electron chi connectivity index (χ1n) is 6.68. The molecule has 0 bridgehead atoms. The molecule has 0 saturated heterocycles. The monoisotopic (exact) mass is 251 g/mol. The van der Waals surface area contributed by atoms with E-state index < -0.39 is 0 Å². The second kappa shape index (κ2) is 5.88. The molecular formula is C15H22ClN. The summed E-state index contributed by atoms with van der Waals surface area (Å²) >= 11 is 5.89. The highest BCUT2D eigenvalue weighted by molar-refractivity contribution is 6.30. The molecule has 1 nitrogen and oxygen atoms in total. The van der Waals surface area contributed by atoms with Crippen LogP contribution in [0.25, 0.3) is 0 Å². The number of nitrogens with one attached hydrogen (secondary N) is 1. The molecule has 17 heavy (non-hydrogen) atoms.